The standard InChI is InChI=1S/C21H22N4O5/c26-19-8-7-17(25(29)30)12-18(19)22-21(28)14-11-20(27)24(13-14)16-5-3-15(4-6-16)23-9-1-2-10-23/h3-8,12,14,26H,1-2,9-11,13H2,(H,22,28). The average molecular weight is 410 g/mol. The lowest BCUT2D eigenvalue weighted by Gasteiger charge is -2.20. The monoisotopic (exact) mass is 410 g/mol. The topological polar surface area (TPSA) is 116 Å². The smallest absolute Gasteiger partial charge is 0.271 e. The van der Waals surface area contributed by atoms with Gasteiger partial charge in [0.25, 0.3) is 5.69 Å². The van der Waals surface area contributed by atoms with Crippen molar-refractivity contribution in [3.8, 4) is 5.75 Å². The zero-order valence-electron chi connectivity index (χ0n) is 16.3. The molecule has 1 atom stereocenters. The summed E-state index contributed by atoms with van der Waals surface area (Å²) in [4.78, 5) is 39.3. The zero-order valence-corrected chi connectivity index (χ0v) is 16.3. The molecule has 156 valence electrons. The highest BCUT2D eigenvalue weighted by Gasteiger charge is 2.35. The van der Waals surface area contributed by atoms with Crippen molar-refractivity contribution in [3.05, 3.63) is 52.6 Å². The number of nitro groups is 1. The van der Waals surface area contributed by atoms with Crippen molar-refractivity contribution in [2.24, 2.45) is 5.92 Å². The van der Waals surface area contributed by atoms with Crippen LogP contribution in [0.25, 0.3) is 0 Å². The van der Waals surface area contributed by atoms with Crippen LogP contribution in [0.4, 0.5) is 22.7 Å². The molecule has 2 N–H and O–H groups in total. The number of benzene rings is 2. The molecule has 2 saturated heterocycles. The Kier molecular flexibility index (Phi) is 5.26. The van der Waals surface area contributed by atoms with Crippen molar-refractivity contribution < 1.29 is 19.6 Å². The molecule has 2 aliphatic rings. The van der Waals surface area contributed by atoms with Crippen molar-refractivity contribution >= 4 is 34.6 Å². The number of phenolic OH excluding ortho intramolecular Hbond substituents is 1. The maximum Gasteiger partial charge on any atom is 0.271 e. The summed E-state index contributed by atoms with van der Waals surface area (Å²) in [6, 6.07) is 11.2. The molecule has 2 aromatic rings. The number of amides is 2. The van der Waals surface area contributed by atoms with Crippen LogP contribution in [0, 0.1) is 16.0 Å². The lowest BCUT2D eigenvalue weighted by Crippen LogP contribution is -2.28. The number of nitrogens with one attached hydrogen (secondary N) is 1. The SMILES string of the molecule is O=C(Nc1cc([N+](=O)[O-])ccc1O)C1CC(=O)N(c2ccc(N3CCCC3)cc2)C1. The van der Waals surface area contributed by atoms with Gasteiger partial charge in [0, 0.05) is 49.6 Å². The number of non-ortho nitro benzene ring substituents is 1. The molecule has 2 heterocycles. The van der Waals surface area contributed by atoms with Gasteiger partial charge in [-0.3, -0.25) is 19.7 Å². The first kappa shape index (κ1) is 19.7. The van der Waals surface area contributed by atoms with Gasteiger partial charge >= 0.3 is 0 Å². The zero-order chi connectivity index (χ0) is 21.3. The van der Waals surface area contributed by atoms with Crippen LogP contribution in [-0.4, -0.2) is 41.5 Å². The van der Waals surface area contributed by atoms with Crippen LogP contribution in [0.2, 0.25) is 0 Å². The van der Waals surface area contributed by atoms with Crippen LogP contribution in [0.1, 0.15) is 19.3 Å². The Morgan fingerprint density at radius 3 is 2.43 bits per heavy atom. The average Bonchev–Trinajstić information content (AvgIpc) is 3.39. The summed E-state index contributed by atoms with van der Waals surface area (Å²) >= 11 is 0. The first-order valence-electron chi connectivity index (χ1n) is 9.86. The predicted octanol–water partition coefficient (Wildman–Crippen LogP) is 2.89. The van der Waals surface area contributed by atoms with Crippen LogP contribution >= 0.6 is 0 Å². The van der Waals surface area contributed by atoms with E-state index >= 15 is 0 Å². The van der Waals surface area contributed by atoms with E-state index in [1.165, 1.54) is 12.8 Å². The van der Waals surface area contributed by atoms with E-state index in [0.29, 0.717) is 0 Å². The molecule has 9 heteroatoms. The van der Waals surface area contributed by atoms with E-state index in [1.807, 2.05) is 24.3 Å². The molecule has 2 aliphatic heterocycles. The normalized spacial score (nSPS) is 18.7. The molecule has 2 amide bonds. The fourth-order valence-corrected chi connectivity index (χ4v) is 3.92. The Morgan fingerprint density at radius 1 is 1.10 bits per heavy atom. The fourth-order valence-electron chi connectivity index (χ4n) is 3.92. The highest BCUT2D eigenvalue weighted by Crippen LogP contribution is 2.31. The summed E-state index contributed by atoms with van der Waals surface area (Å²) < 4.78 is 0. The Labute approximate surface area is 173 Å². The van der Waals surface area contributed by atoms with Crippen molar-refractivity contribution in [1.82, 2.24) is 0 Å². The molecule has 0 aromatic heterocycles. The Hall–Kier alpha value is -3.62. The van der Waals surface area contributed by atoms with Gasteiger partial charge in [0.1, 0.15) is 5.75 Å². The first-order valence-corrected chi connectivity index (χ1v) is 9.86. The third-order valence-corrected chi connectivity index (χ3v) is 5.58. The van der Waals surface area contributed by atoms with Crippen molar-refractivity contribution in [2.75, 3.05) is 34.8 Å². The molecule has 0 saturated carbocycles. The summed E-state index contributed by atoms with van der Waals surface area (Å²) in [7, 11) is 0. The van der Waals surface area contributed by atoms with E-state index in [1.54, 1.807) is 4.90 Å². The van der Waals surface area contributed by atoms with Gasteiger partial charge in [0.05, 0.1) is 16.5 Å². The quantitative estimate of drug-likeness (QED) is 0.445. The third-order valence-electron chi connectivity index (χ3n) is 5.58. The second-order valence-electron chi connectivity index (χ2n) is 7.56. The van der Waals surface area contributed by atoms with Crippen LogP contribution < -0.4 is 15.1 Å². The van der Waals surface area contributed by atoms with Crippen LogP contribution in [-0.2, 0) is 9.59 Å². The molecule has 4 rings (SSSR count). The van der Waals surface area contributed by atoms with E-state index in [0.717, 1.165) is 42.7 Å². The molecule has 0 aliphatic carbocycles. The summed E-state index contributed by atoms with van der Waals surface area (Å²) in [5, 5.41) is 23.3. The third kappa shape index (κ3) is 3.91. The molecule has 0 spiro atoms. The second-order valence-corrected chi connectivity index (χ2v) is 7.56. The number of nitro benzene ring substituents is 1. The summed E-state index contributed by atoms with van der Waals surface area (Å²) in [5.74, 6) is -1.51. The van der Waals surface area contributed by atoms with Crippen LogP contribution in [0.5, 0.6) is 5.75 Å². The van der Waals surface area contributed by atoms with Gasteiger partial charge in [-0.2, -0.15) is 0 Å². The Morgan fingerprint density at radius 2 is 1.77 bits per heavy atom. The van der Waals surface area contributed by atoms with E-state index < -0.39 is 16.7 Å². The molecule has 30 heavy (non-hydrogen) atoms. The van der Waals surface area contributed by atoms with Gasteiger partial charge in [-0.05, 0) is 43.2 Å². The Balaban J connectivity index is 1.43. The molecule has 9 nitrogen and oxygen atoms in total. The highest BCUT2D eigenvalue weighted by molar-refractivity contribution is 6.04. The minimum atomic E-state index is -0.616. The second kappa shape index (κ2) is 8.02. The number of nitrogens with zero attached hydrogens (tertiary/aromatic N) is 3. The lowest BCUT2D eigenvalue weighted by atomic mass is 10.1. The largest absolute Gasteiger partial charge is 0.506 e. The number of rotatable bonds is 5. The summed E-state index contributed by atoms with van der Waals surface area (Å²) in [6.45, 7) is 2.28. The van der Waals surface area contributed by atoms with Gasteiger partial charge in [0.2, 0.25) is 11.8 Å². The molecule has 2 aromatic carbocycles. The van der Waals surface area contributed by atoms with Gasteiger partial charge in [-0.15, -0.1) is 0 Å². The molecule has 0 radical (unpaired) electrons. The molecule has 1 unspecified atom stereocenters. The summed E-state index contributed by atoms with van der Waals surface area (Å²) in [6.07, 6.45) is 2.40. The number of hydrogen-bond acceptors (Lipinski definition) is 6. The number of carbonyl (C=O) groups is 2. The van der Waals surface area contributed by atoms with E-state index in [4.69, 9.17) is 0 Å². The number of anilines is 3. The van der Waals surface area contributed by atoms with E-state index in [9.17, 15) is 24.8 Å². The molecule has 2 fully saturated rings. The van der Waals surface area contributed by atoms with Gasteiger partial charge in [-0.1, -0.05) is 0 Å². The first-order chi connectivity index (χ1) is 14.4. The molecular formula is C21H22N4O5. The van der Waals surface area contributed by atoms with E-state index in [-0.39, 0.29) is 36.0 Å². The van der Waals surface area contributed by atoms with Gasteiger partial charge in [-0.25, -0.2) is 0 Å². The van der Waals surface area contributed by atoms with Gasteiger partial charge < -0.3 is 20.2 Å². The number of phenols is 1. The van der Waals surface area contributed by atoms with Gasteiger partial charge in [0.15, 0.2) is 0 Å². The highest BCUT2D eigenvalue weighted by atomic mass is 16.6. The molecule has 0 bridgehead atoms. The van der Waals surface area contributed by atoms with Crippen LogP contribution in [0.3, 0.4) is 0 Å². The lowest BCUT2D eigenvalue weighted by molar-refractivity contribution is -0.384. The van der Waals surface area contributed by atoms with Crippen LogP contribution in [0.15, 0.2) is 42.5 Å². The number of hydrogen-bond donors (Lipinski definition) is 2. The number of carbonyl (C=O) groups excluding carboxylic acids is 2. The predicted molar refractivity (Wildman–Crippen MR) is 112 cm³/mol. The Bertz CT molecular complexity index is 985. The fraction of sp³-hybridized carbons (Fsp3) is 0.333. The number of aromatic hydroxyl groups is 1. The molecular weight excluding hydrogens is 388 g/mol. The maximum absolute atomic E-state index is 12.6. The van der Waals surface area contributed by atoms with E-state index in [2.05, 4.69) is 10.2 Å². The van der Waals surface area contributed by atoms with Crippen molar-refractivity contribution in [2.45, 2.75) is 19.3 Å². The van der Waals surface area contributed by atoms with Crippen molar-refractivity contribution in [3.63, 3.8) is 0 Å². The minimum Gasteiger partial charge on any atom is -0.506 e. The summed E-state index contributed by atoms with van der Waals surface area (Å²) in [5.41, 5.74) is 1.56. The minimum absolute atomic E-state index is 0.0371. The van der Waals surface area contributed by atoms with Crippen molar-refractivity contribution in [1.29, 1.82) is 0 Å². The maximum atomic E-state index is 12.6.